The molecule has 5 heterocycles. The Morgan fingerprint density at radius 1 is 1.04 bits per heavy atom. The third-order valence-corrected chi connectivity index (χ3v) is 9.62. The summed E-state index contributed by atoms with van der Waals surface area (Å²) in [7, 11) is 0. The lowest BCUT2D eigenvalue weighted by Crippen LogP contribution is -2.39. The maximum atomic E-state index is 14.3. The number of amides is 1. The Morgan fingerprint density at radius 3 is 2.69 bits per heavy atom. The van der Waals surface area contributed by atoms with Crippen molar-refractivity contribution in [2.75, 3.05) is 70.5 Å². The zero-order chi connectivity index (χ0) is 34.2. The summed E-state index contributed by atoms with van der Waals surface area (Å²) in [5.74, 6) is 1.01. The van der Waals surface area contributed by atoms with Crippen LogP contribution in [0.4, 0.5) is 10.2 Å². The number of carbonyl (C=O) groups excluding carboxylic acids is 1. The topological polar surface area (TPSA) is 109 Å². The Bertz CT molecular complexity index is 1550. The molecule has 0 aliphatic carbocycles. The normalized spacial score (nSPS) is 17.9. The number of aromatic nitrogens is 4. The molecule has 6 rings (SSSR count). The molecule has 0 saturated carbocycles. The van der Waals surface area contributed by atoms with Gasteiger partial charge in [-0.05, 0) is 71.0 Å². The van der Waals surface area contributed by atoms with Crippen molar-refractivity contribution in [2.45, 2.75) is 71.6 Å². The lowest BCUT2D eigenvalue weighted by atomic mass is 10.0. The third kappa shape index (κ3) is 8.81. The molecule has 3 aliphatic rings. The Hall–Kier alpha value is -3.94. The van der Waals surface area contributed by atoms with E-state index in [1.807, 2.05) is 33.0 Å². The van der Waals surface area contributed by atoms with Gasteiger partial charge in [0.2, 0.25) is 0 Å². The average molecular weight is 677 g/mol. The molecule has 1 aromatic carbocycles. The molecule has 0 unspecified atom stereocenters. The number of halogens is 1. The van der Waals surface area contributed by atoms with Gasteiger partial charge in [-0.15, -0.1) is 10.2 Å². The number of hydrogen-bond acceptors (Lipinski definition) is 11. The van der Waals surface area contributed by atoms with Crippen molar-refractivity contribution in [3.05, 3.63) is 59.4 Å². The SMILES string of the molecule is CCN(C(=O)c1cc(F)ccc1Oc1nncnc1N1CCC(Oc2ccnc3c2CN(CCCN2CCCOCC2)CC3)CC1)C(C)C. The summed E-state index contributed by atoms with van der Waals surface area (Å²) in [5, 5.41) is 8.17. The molecule has 264 valence electrons. The second-order valence-corrected chi connectivity index (χ2v) is 13.2. The summed E-state index contributed by atoms with van der Waals surface area (Å²) >= 11 is 0. The van der Waals surface area contributed by atoms with E-state index in [0.717, 1.165) is 96.0 Å². The van der Waals surface area contributed by atoms with Crippen molar-refractivity contribution in [1.29, 1.82) is 0 Å². The van der Waals surface area contributed by atoms with Crippen molar-refractivity contribution >= 4 is 11.7 Å². The van der Waals surface area contributed by atoms with Crippen molar-refractivity contribution in [2.24, 2.45) is 0 Å². The molecule has 0 N–H and O–H groups in total. The van der Waals surface area contributed by atoms with E-state index in [0.29, 0.717) is 25.5 Å². The van der Waals surface area contributed by atoms with Crippen LogP contribution in [0.15, 0.2) is 36.8 Å². The first-order chi connectivity index (χ1) is 23.9. The van der Waals surface area contributed by atoms with Crippen LogP contribution in [0.1, 0.15) is 68.1 Å². The minimum absolute atomic E-state index is 0.0416. The predicted octanol–water partition coefficient (Wildman–Crippen LogP) is 4.59. The third-order valence-electron chi connectivity index (χ3n) is 9.62. The van der Waals surface area contributed by atoms with E-state index in [1.54, 1.807) is 4.90 Å². The van der Waals surface area contributed by atoms with E-state index in [4.69, 9.17) is 19.2 Å². The summed E-state index contributed by atoms with van der Waals surface area (Å²) in [5.41, 5.74) is 2.48. The Labute approximate surface area is 288 Å². The number of anilines is 1. The van der Waals surface area contributed by atoms with E-state index < -0.39 is 5.82 Å². The van der Waals surface area contributed by atoms with Crippen LogP contribution in [0, 0.1) is 5.82 Å². The van der Waals surface area contributed by atoms with Crippen LogP contribution in [-0.2, 0) is 17.7 Å². The molecule has 2 aromatic heterocycles. The molecule has 0 radical (unpaired) electrons. The maximum absolute atomic E-state index is 14.3. The standard InChI is InChI=1S/C36H49FN8O4/c1-4-45(26(2)3)36(46)29-23-27(37)7-8-32(29)49-35-34(39-25-40-41-35)44-18-10-28(11-19-44)48-33-9-13-38-31-12-17-43(24-30(31)33)15-5-14-42-16-6-21-47-22-20-42/h7-9,13,23,25-26,28H,4-6,10-12,14-22,24H2,1-3H3. The second-order valence-electron chi connectivity index (χ2n) is 13.2. The fraction of sp³-hybridized carbons (Fsp3) is 0.583. The van der Waals surface area contributed by atoms with Crippen LogP contribution in [0.5, 0.6) is 17.4 Å². The average Bonchev–Trinajstić information content (AvgIpc) is 3.39. The predicted molar refractivity (Wildman–Crippen MR) is 184 cm³/mol. The van der Waals surface area contributed by atoms with Crippen LogP contribution >= 0.6 is 0 Å². The fourth-order valence-electron chi connectivity index (χ4n) is 6.97. The number of carbonyl (C=O) groups is 1. The van der Waals surface area contributed by atoms with Crippen molar-refractivity contribution in [3.8, 4) is 17.4 Å². The summed E-state index contributed by atoms with van der Waals surface area (Å²) in [6.07, 6.45) is 8.04. The minimum Gasteiger partial charge on any atom is -0.490 e. The Kier molecular flexibility index (Phi) is 11.9. The summed E-state index contributed by atoms with van der Waals surface area (Å²) < 4.78 is 32.7. The number of pyridine rings is 1. The van der Waals surface area contributed by atoms with Gasteiger partial charge < -0.3 is 28.9 Å². The van der Waals surface area contributed by atoms with Crippen LogP contribution in [0.25, 0.3) is 0 Å². The van der Waals surface area contributed by atoms with Gasteiger partial charge in [-0.25, -0.2) is 9.37 Å². The van der Waals surface area contributed by atoms with Gasteiger partial charge in [0.15, 0.2) is 5.82 Å². The van der Waals surface area contributed by atoms with Crippen LogP contribution < -0.4 is 14.4 Å². The molecule has 3 aromatic rings. The monoisotopic (exact) mass is 676 g/mol. The van der Waals surface area contributed by atoms with E-state index in [2.05, 4.69) is 29.9 Å². The number of benzene rings is 1. The molecule has 12 nitrogen and oxygen atoms in total. The van der Waals surface area contributed by atoms with Gasteiger partial charge in [-0.2, -0.15) is 0 Å². The highest BCUT2D eigenvalue weighted by Crippen LogP contribution is 2.34. The van der Waals surface area contributed by atoms with E-state index in [9.17, 15) is 9.18 Å². The largest absolute Gasteiger partial charge is 0.490 e. The zero-order valence-corrected chi connectivity index (χ0v) is 29.0. The van der Waals surface area contributed by atoms with Gasteiger partial charge in [0.1, 0.15) is 29.7 Å². The van der Waals surface area contributed by atoms with E-state index in [1.165, 1.54) is 30.1 Å². The van der Waals surface area contributed by atoms with Gasteiger partial charge in [0.25, 0.3) is 11.8 Å². The molecule has 0 spiro atoms. The van der Waals surface area contributed by atoms with Gasteiger partial charge >= 0.3 is 0 Å². The number of piperidine rings is 1. The van der Waals surface area contributed by atoms with Crippen molar-refractivity contribution < 1.29 is 23.4 Å². The number of ether oxygens (including phenoxy) is 3. The molecule has 1 amide bonds. The van der Waals surface area contributed by atoms with Crippen LogP contribution in [0.3, 0.4) is 0 Å². The quantitative estimate of drug-likeness (QED) is 0.269. The first kappa shape index (κ1) is 34.9. The number of hydrogen-bond donors (Lipinski definition) is 0. The number of nitrogens with zero attached hydrogens (tertiary/aromatic N) is 8. The van der Waals surface area contributed by atoms with Crippen LogP contribution in [-0.4, -0.2) is 118 Å². The Balaban J connectivity index is 1.07. The highest BCUT2D eigenvalue weighted by Gasteiger charge is 2.29. The van der Waals surface area contributed by atoms with Crippen molar-refractivity contribution in [1.82, 2.24) is 34.9 Å². The highest BCUT2D eigenvalue weighted by atomic mass is 19.1. The summed E-state index contributed by atoms with van der Waals surface area (Å²) in [6.45, 7) is 15.5. The maximum Gasteiger partial charge on any atom is 0.282 e. The summed E-state index contributed by atoms with van der Waals surface area (Å²) in [4.78, 5) is 31.4. The minimum atomic E-state index is -0.516. The molecule has 3 aliphatic heterocycles. The molecule has 2 saturated heterocycles. The van der Waals surface area contributed by atoms with Crippen molar-refractivity contribution in [3.63, 3.8) is 0 Å². The zero-order valence-electron chi connectivity index (χ0n) is 29.0. The fourth-order valence-corrected chi connectivity index (χ4v) is 6.97. The molecular weight excluding hydrogens is 627 g/mol. The molecule has 0 atom stereocenters. The van der Waals surface area contributed by atoms with E-state index >= 15 is 0 Å². The molecule has 2 fully saturated rings. The molecule has 13 heteroatoms. The lowest BCUT2D eigenvalue weighted by Gasteiger charge is -2.34. The Morgan fingerprint density at radius 2 is 1.88 bits per heavy atom. The van der Waals surface area contributed by atoms with Gasteiger partial charge in [0.05, 0.1) is 12.2 Å². The van der Waals surface area contributed by atoms with E-state index in [-0.39, 0.29) is 35.2 Å². The van der Waals surface area contributed by atoms with Gasteiger partial charge in [-0.1, -0.05) is 0 Å². The van der Waals surface area contributed by atoms with Gasteiger partial charge in [0, 0.05) is 95.2 Å². The molecular formula is C36H49FN8O4. The first-order valence-corrected chi connectivity index (χ1v) is 17.8. The first-order valence-electron chi connectivity index (χ1n) is 17.8. The van der Waals surface area contributed by atoms with Gasteiger partial charge in [-0.3, -0.25) is 14.7 Å². The second kappa shape index (κ2) is 16.6. The number of fused-ring (bicyclic) bond motifs is 1. The number of rotatable bonds is 12. The molecule has 49 heavy (non-hydrogen) atoms. The lowest BCUT2D eigenvalue weighted by molar-refractivity contribution is 0.0713. The smallest absolute Gasteiger partial charge is 0.282 e. The summed E-state index contributed by atoms with van der Waals surface area (Å²) in [6, 6.07) is 5.88. The molecule has 0 bridgehead atoms. The highest BCUT2D eigenvalue weighted by molar-refractivity contribution is 5.97. The van der Waals surface area contributed by atoms with Crippen LogP contribution in [0.2, 0.25) is 0 Å².